The molecule has 0 fully saturated rings. The van der Waals surface area contributed by atoms with Gasteiger partial charge in [-0.1, -0.05) is 18.7 Å². The molecule has 1 aromatic rings. The van der Waals surface area contributed by atoms with Crippen LogP contribution in [0.3, 0.4) is 0 Å². The first-order valence-electron chi connectivity index (χ1n) is 4.32. The molecule has 0 atom stereocenters. The maximum absolute atomic E-state index is 5.66. The molecule has 0 aliphatic carbocycles. The van der Waals surface area contributed by atoms with Crippen LogP contribution in [0.5, 0.6) is 0 Å². The number of aromatic nitrogens is 3. The fraction of sp³-hybridized carbons (Fsp3) is 0.571. The lowest BCUT2D eigenvalue weighted by atomic mass is 10.6. The summed E-state index contributed by atoms with van der Waals surface area (Å²) in [6.45, 7) is 3.03. The third kappa shape index (κ3) is 3.09. The molecule has 4 N–H and O–H groups in total. The van der Waals surface area contributed by atoms with Crippen molar-refractivity contribution in [2.75, 3.05) is 23.9 Å². The van der Waals surface area contributed by atoms with E-state index in [1.807, 2.05) is 6.92 Å². The zero-order valence-corrected chi connectivity index (χ0v) is 8.87. The zero-order valence-electron chi connectivity index (χ0n) is 8.05. The van der Waals surface area contributed by atoms with Crippen LogP contribution in [0.15, 0.2) is 11.5 Å². The van der Waals surface area contributed by atoms with E-state index < -0.39 is 0 Å². The van der Waals surface area contributed by atoms with Crippen LogP contribution in [0.1, 0.15) is 6.92 Å². The van der Waals surface area contributed by atoms with Crippen LogP contribution in [0.4, 0.5) is 5.95 Å². The molecule has 1 heterocycles. The highest BCUT2D eigenvalue weighted by molar-refractivity contribution is 7.99. The number of rotatable bonds is 5. The second-order valence-electron chi connectivity index (χ2n) is 2.48. The molecule has 14 heavy (non-hydrogen) atoms. The normalized spacial score (nSPS) is 10.2. The quantitative estimate of drug-likeness (QED) is 0.392. The summed E-state index contributed by atoms with van der Waals surface area (Å²) in [6.07, 6.45) is 1.46. The Hall–Kier alpha value is -0.920. The number of thioether (sulfide) groups is 1. The SMILES string of the molecule is CCSc1ncnc(N(N)CCN)n1. The average Bonchev–Trinajstić information content (AvgIpc) is 2.19. The Bertz CT molecular complexity index is 281. The Labute approximate surface area is 87.1 Å². The van der Waals surface area contributed by atoms with Gasteiger partial charge in [0.25, 0.3) is 0 Å². The van der Waals surface area contributed by atoms with Crippen LogP contribution in [0.25, 0.3) is 0 Å². The van der Waals surface area contributed by atoms with E-state index in [0.717, 1.165) is 5.75 Å². The van der Waals surface area contributed by atoms with E-state index in [0.29, 0.717) is 24.2 Å². The summed E-state index contributed by atoms with van der Waals surface area (Å²) in [4.78, 5) is 12.1. The van der Waals surface area contributed by atoms with Crippen molar-refractivity contribution in [2.45, 2.75) is 12.1 Å². The topological polar surface area (TPSA) is 94.0 Å². The second kappa shape index (κ2) is 5.74. The van der Waals surface area contributed by atoms with Gasteiger partial charge in [-0.15, -0.1) is 0 Å². The summed E-state index contributed by atoms with van der Waals surface area (Å²) in [5, 5.41) is 2.10. The predicted octanol–water partition coefficient (Wildman–Crippen LogP) is -0.378. The molecule has 0 amide bonds. The van der Waals surface area contributed by atoms with Gasteiger partial charge in [-0.05, 0) is 5.75 Å². The molecule has 0 aromatic carbocycles. The fourth-order valence-corrected chi connectivity index (χ4v) is 1.38. The van der Waals surface area contributed by atoms with E-state index in [1.165, 1.54) is 11.3 Å². The van der Waals surface area contributed by atoms with Crippen molar-refractivity contribution in [1.29, 1.82) is 0 Å². The second-order valence-corrected chi connectivity index (χ2v) is 3.71. The smallest absolute Gasteiger partial charge is 0.243 e. The van der Waals surface area contributed by atoms with Crippen molar-refractivity contribution < 1.29 is 0 Å². The molecule has 7 heteroatoms. The van der Waals surface area contributed by atoms with E-state index >= 15 is 0 Å². The Morgan fingerprint density at radius 3 is 2.93 bits per heavy atom. The number of hydrogen-bond donors (Lipinski definition) is 2. The number of hydrazine groups is 1. The lowest BCUT2D eigenvalue weighted by molar-refractivity contribution is 0.765. The minimum absolute atomic E-state index is 0.460. The summed E-state index contributed by atoms with van der Waals surface area (Å²) in [6, 6.07) is 0. The fourth-order valence-electron chi connectivity index (χ4n) is 0.849. The molecule has 0 radical (unpaired) electrons. The van der Waals surface area contributed by atoms with Gasteiger partial charge >= 0.3 is 0 Å². The lowest BCUT2D eigenvalue weighted by Crippen LogP contribution is -2.37. The Morgan fingerprint density at radius 1 is 1.50 bits per heavy atom. The van der Waals surface area contributed by atoms with E-state index in [4.69, 9.17) is 11.6 Å². The Balaban J connectivity index is 2.71. The molecule has 0 aliphatic heterocycles. The molecule has 6 nitrogen and oxygen atoms in total. The highest BCUT2D eigenvalue weighted by Gasteiger charge is 2.05. The van der Waals surface area contributed by atoms with Gasteiger partial charge in [0.05, 0.1) is 0 Å². The maximum atomic E-state index is 5.66. The maximum Gasteiger partial charge on any atom is 0.243 e. The van der Waals surface area contributed by atoms with E-state index in [2.05, 4.69) is 15.0 Å². The molecule has 0 aliphatic rings. The van der Waals surface area contributed by atoms with Gasteiger partial charge in [0.15, 0.2) is 5.16 Å². The highest BCUT2D eigenvalue weighted by Crippen LogP contribution is 2.12. The van der Waals surface area contributed by atoms with Crippen molar-refractivity contribution in [3.63, 3.8) is 0 Å². The van der Waals surface area contributed by atoms with Gasteiger partial charge < -0.3 is 5.73 Å². The number of nitrogens with zero attached hydrogens (tertiary/aromatic N) is 4. The van der Waals surface area contributed by atoms with Gasteiger partial charge in [0.1, 0.15) is 6.33 Å². The first-order valence-corrected chi connectivity index (χ1v) is 5.30. The Kier molecular flexibility index (Phi) is 4.57. The Morgan fingerprint density at radius 2 is 2.29 bits per heavy atom. The zero-order chi connectivity index (χ0) is 10.4. The highest BCUT2D eigenvalue weighted by atomic mass is 32.2. The molecule has 0 bridgehead atoms. The van der Waals surface area contributed by atoms with Crippen LogP contribution in [0, 0.1) is 0 Å². The van der Waals surface area contributed by atoms with Crippen LogP contribution >= 0.6 is 11.8 Å². The third-order valence-electron chi connectivity index (χ3n) is 1.44. The van der Waals surface area contributed by atoms with Crippen molar-refractivity contribution in [2.24, 2.45) is 11.6 Å². The van der Waals surface area contributed by atoms with Crippen molar-refractivity contribution in [1.82, 2.24) is 15.0 Å². The first-order chi connectivity index (χ1) is 6.77. The average molecular weight is 214 g/mol. The van der Waals surface area contributed by atoms with Gasteiger partial charge in [-0.2, -0.15) is 9.97 Å². The minimum atomic E-state index is 0.460. The number of nitrogens with two attached hydrogens (primary N) is 2. The monoisotopic (exact) mass is 214 g/mol. The molecule has 1 aromatic heterocycles. The third-order valence-corrected chi connectivity index (χ3v) is 2.18. The van der Waals surface area contributed by atoms with Crippen molar-refractivity contribution in [3.8, 4) is 0 Å². The van der Waals surface area contributed by atoms with Crippen LogP contribution in [-0.2, 0) is 0 Å². The first kappa shape index (κ1) is 11.2. The minimum Gasteiger partial charge on any atom is -0.329 e. The van der Waals surface area contributed by atoms with Gasteiger partial charge in [-0.25, -0.2) is 10.8 Å². The molecular formula is C7H14N6S. The summed E-state index contributed by atoms with van der Waals surface area (Å²) < 4.78 is 0. The molecule has 0 unspecified atom stereocenters. The van der Waals surface area contributed by atoms with Crippen LogP contribution in [-0.4, -0.2) is 33.8 Å². The summed E-state index contributed by atoms with van der Waals surface area (Å²) in [5.74, 6) is 7.04. The van der Waals surface area contributed by atoms with Gasteiger partial charge in [0.2, 0.25) is 5.95 Å². The van der Waals surface area contributed by atoms with Crippen LogP contribution in [0.2, 0.25) is 0 Å². The van der Waals surface area contributed by atoms with E-state index in [1.54, 1.807) is 11.8 Å². The number of hydrogen-bond acceptors (Lipinski definition) is 7. The lowest BCUT2D eigenvalue weighted by Gasteiger charge is -2.14. The van der Waals surface area contributed by atoms with Crippen LogP contribution < -0.4 is 16.6 Å². The largest absolute Gasteiger partial charge is 0.329 e. The molecule has 78 valence electrons. The van der Waals surface area contributed by atoms with Crippen molar-refractivity contribution >= 4 is 17.7 Å². The molecule has 0 spiro atoms. The standard InChI is InChI=1S/C7H14N6S/c1-2-14-7-11-5-10-6(12-7)13(9)4-3-8/h5H,2-4,8-9H2,1H3. The van der Waals surface area contributed by atoms with Crippen molar-refractivity contribution in [3.05, 3.63) is 6.33 Å². The predicted molar refractivity (Wildman–Crippen MR) is 56.8 cm³/mol. The summed E-state index contributed by atoms with van der Waals surface area (Å²) in [5.41, 5.74) is 5.37. The summed E-state index contributed by atoms with van der Waals surface area (Å²) in [7, 11) is 0. The van der Waals surface area contributed by atoms with Gasteiger partial charge in [0, 0.05) is 13.1 Å². The van der Waals surface area contributed by atoms with Gasteiger partial charge in [-0.3, -0.25) is 5.01 Å². The molecule has 0 saturated carbocycles. The summed E-state index contributed by atoms with van der Waals surface area (Å²) >= 11 is 1.55. The van der Waals surface area contributed by atoms with E-state index in [-0.39, 0.29) is 0 Å². The molecule has 1 rings (SSSR count). The molecule has 0 saturated heterocycles. The number of anilines is 1. The molecular weight excluding hydrogens is 200 g/mol. The van der Waals surface area contributed by atoms with E-state index in [9.17, 15) is 0 Å².